The van der Waals surface area contributed by atoms with Gasteiger partial charge in [-0.25, -0.2) is 4.39 Å². The van der Waals surface area contributed by atoms with Crippen molar-refractivity contribution in [2.75, 3.05) is 6.61 Å². The number of halogens is 1. The van der Waals surface area contributed by atoms with Crippen LogP contribution >= 0.6 is 0 Å². The van der Waals surface area contributed by atoms with Crippen LogP contribution in [0.15, 0.2) is 77.6 Å². The predicted octanol–water partition coefficient (Wildman–Crippen LogP) is 6.57. The molecule has 0 saturated heterocycles. The number of aryl methyl sites for hydroxylation is 1. The standard InChI is InChI=1S/C33H33FN2O4/c1-33(2,3)19-27(37)40-17-16-23-22-12-5-7-14-25(22)35-30(23)28(20-10-9-11-21(34)18-20)29-31(38)24-13-6-8-15-26(24)36(4)32(29)39/h5-15,18,28,35,38H,16-17,19H2,1-4H3. The second kappa shape index (κ2) is 10.6. The topological polar surface area (TPSA) is 84.3 Å². The first kappa shape index (κ1) is 27.2. The zero-order valence-electron chi connectivity index (χ0n) is 23.1. The summed E-state index contributed by atoms with van der Waals surface area (Å²) in [7, 11) is 1.66. The molecular weight excluding hydrogens is 507 g/mol. The number of aromatic nitrogens is 2. The summed E-state index contributed by atoms with van der Waals surface area (Å²) in [5, 5.41) is 13.0. The van der Waals surface area contributed by atoms with E-state index in [1.54, 1.807) is 37.4 Å². The average molecular weight is 541 g/mol. The highest BCUT2D eigenvalue weighted by atomic mass is 19.1. The van der Waals surface area contributed by atoms with Crippen molar-refractivity contribution in [2.45, 2.75) is 39.5 Å². The molecule has 5 rings (SSSR count). The number of aromatic amines is 1. The Balaban J connectivity index is 1.70. The van der Waals surface area contributed by atoms with Crippen molar-refractivity contribution in [1.82, 2.24) is 9.55 Å². The van der Waals surface area contributed by atoms with Gasteiger partial charge in [-0.2, -0.15) is 0 Å². The van der Waals surface area contributed by atoms with Crippen molar-refractivity contribution >= 4 is 27.8 Å². The summed E-state index contributed by atoms with van der Waals surface area (Å²) in [5.41, 5.74) is 2.97. The molecule has 40 heavy (non-hydrogen) atoms. The van der Waals surface area contributed by atoms with Crippen molar-refractivity contribution in [1.29, 1.82) is 0 Å². The third kappa shape index (κ3) is 5.24. The van der Waals surface area contributed by atoms with E-state index in [1.165, 1.54) is 16.7 Å². The SMILES string of the molecule is Cn1c(=O)c(C(c2cccc(F)c2)c2[nH]c3ccccc3c2CCOC(=O)CC(C)(C)C)c(O)c2ccccc21. The van der Waals surface area contributed by atoms with E-state index in [9.17, 15) is 19.1 Å². The molecular formula is C33H33FN2O4. The maximum atomic E-state index is 14.6. The van der Waals surface area contributed by atoms with Gasteiger partial charge in [0.25, 0.3) is 5.56 Å². The molecule has 0 amide bonds. The lowest BCUT2D eigenvalue weighted by atomic mass is 9.85. The molecule has 2 N–H and O–H groups in total. The Kier molecular flexibility index (Phi) is 7.23. The quantitative estimate of drug-likeness (QED) is 0.229. The Morgan fingerprint density at radius 2 is 1.73 bits per heavy atom. The van der Waals surface area contributed by atoms with Gasteiger partial charge in [0.05, 0.1) is 30.0 Å². The molecule has 206 valence electrons. The van der Waals surface area contributed by atoms with Crippen molar-refractivity contribution in [3.63, 3.8) is 0 Å². The van der Waals surface area contributed by atoms with E-state index in [0.717, 1.165) is 16.5 Å². The summed E-state index contributed by atoms with van der Waals surface area (Å²) in [6.45, 7) is 6.08. The molecule has 1 unspecified atom stereocenters. The number of para-hydroxylation sites is 2. The fraction of sp³-hybridized carbons (Fsp3) is 0.273. The van der Waals surface area contributed by atoms with Crippen LogP contribution in [0, 0.1) is 11.2 Å². The lowest BCUT2D eigenvalue weighted by Gasteiger charge is -2.22. The molecule has 3 aromatic carbocycles. The maximum absolute atomic E-state index is 14.6. The van der Waals surface area contributed by atoms with Gasteiger partial charge in [0.2, 0.25) is 0 Å². The third-order valence-corrected chi connectivity index (χ3v) is 7.21. The second-order valence-electron chi connectivity index (χ2n) is 11.4. The van der Waals surface area contributed by atoms with Crippen molar-refractivity contribution < 1.29 is 19.0 Å². The van der Waals surface area contributed by atoms with Gasteiger partial charge < -0.3 is 19.4 Å². The first-order chi connectivity index (χ1) is 19.0. The Morgan fingerprint density at radius 3 is 2.45 bits per heavy atom. The van der Waals surface area contributed by atoms with E-state index in [2.05, 4.69) is 4.98 Å². The average Bonchev–Trinajstić information content (AvgIpc) is 3.26. The molecule has 0 saturated carbocycles. The summed E-state index contributed by atoms with van der Waals surface area (Å²) >= 11 is 0. The highest BCUT2D eigenvalue weighted by Gasteiger charge is 2.30. The lowest BCUT2D eigenvalue weighted by Crippen LogP contribution is -2.25. The number of hydrogen-bond donors (Lipinski definition) is 2. The van der Waals surface area contributed by atoms with Crippen molar-refractivity contribution in [3.05, 3.63) is 111 Å². The predicted molar refractivity (Wildman–Crippen MR) is 155 cm³/mol. The highest BCUT2D eigenvalue weighted by molar-refractivity contribution is 5.88. The van der Waals surface area contributed by atoms with Gasteiger partial charge in [-0.3, -0.25) is 9.59 Å². The number of rotatable bonds is 7. The van der Waals surface area contributed by atoms with Gasteiger partial charge >= 0.3 is 5.97 Å². The van der Waals surface area contributed by atoms with E-state index in [0.29, 0.717) is 35.0 Å². The molecule has 0 aliphatic heterocycles. The Labute approximate surface area is 232 Å². The number of fused-ring (bicyclic) bond motifs is 2. The summed E-state index contributed by atoms with van der Waals surface area (Å²) in [5.74, 6) is -1.69. The zero-order chi connectivity index (χ0) is 28.6. The van der Waals surface area contributed by atoms with E-state index >= 15 is 0 Å². The summed E-state index contributed by atoms with van der Waals surface area (Å²) in [6.07, 6.45) is 0.663. The number of carbonyl (C=O) groups excluding carboxylic acids is 1. The van der Waals surface area contributed by atoms with Crippen LogP contribution in [0.25, 0.3) is 21.8 Å². The maximum Gasteiger partial charge on any atom is 0.306 e. The van der Waals surface area contributed by atoms with E-state index in [4.69, 9.17) is 4.74 Å². The molecule has 0 fully saturated rings. The van der Waals surface area contributed by atoms with Gasteiger partial charge in [0.15, 0.2) is 0 Å². The summed E-state index contributed by atoms with van der Waals surface area (Å²) < 4.78 is 21.7. The number of nitrogens with one attached hydrogen (secondary N) is 1. The van der Waals surface area contributed by atoms with Gasteiger partial charge in [0, 0.05) is 35.5 Å². The number of hydrogen-bond acceptors (Lipinski definition) is 4. The number of pyridine rings is 1. The number of aromatic hydroxyl groups is 1. The third-order valence-electron chi connectivity index (χ3n) is 7.21. The molecule has 0 radical (unpaired) electrons. The molecule has 5 aromatic rings. The van der Waals surface area contributed by atoms with Crippen LogP contribution in [-0.4, -0.2) is 27.2 Å². The van der Waals surface area contributed by atoms with Crippen LogP contribution in [-0.2, 0) is 23.0 Å². The normalized spacial score (nSPS) is 12.6. The molecule has 0 bridgehead atoms. The minimum absolute atomic E-state index is 0.140. The van der Waals surface area contributed by atoms with Crippen LogP contribution in [0.3, 0.4) is 0 Å². The van der Waals surface area contributed by atoms with E-state index in [1.807, 2.05) is 51.1 Å². The van der Waals surface area contributed by atoms with Crippen molar-refractivity contribution in [3.8, 4) is 5.75 Å². The zero-order valence-corrected chi connectivity index (χ0v) is 23.1. The molecule has 6 nitrogen and oxygen atoms in total. The molecule has 2 heterocycles. The fourth-order valence-electron chi connectivity index (χ4n) is 5.41. The van der Waals surface area contributed by atoms with Crippen LogP contribution in [0.4, 0.5) is 4.39 Å². The van der Waals surface area contributed by atoms with Gasteiger partial charge in [-0.05, 0) is 46.9 Å². The minimum Gasteiger partial charge on any atom is -0.507 e. The number of esters is 1. The Bertz CT molecular complexity index is 1780. The molecule has 0 spiro atoms. The van der Waals surface area contributed by atoms with Gasteiger partial charge in [-0.1, -0.05) is 63.2 Å². The van der Waals surface area contributed by atoms with Crippen molar-refractivity contribution in [2.24, 2.45) is 12.5 Å². The Morgan fingerprint density at radius 1 is 1.02 bits per heavy atom. The van der Waals surface area contributed by atoms with Crippen LogP contribution in [0.2, 0.25) is 0 Å². The largest absolute Gasteiger partial charge is 0.507 e. The second-order valence-corrected chi connectivity index (χ2v) is 11.4. The Hall–Kier alpha value is -4.39. The molecule has 2 aromatic heterocycles. The number of nitrogens with zero attached hydrogens (tertiary/aromatic N) is 1. The lowest BCUT2D eigenvalue weighted by molar-refractivity contribution is -0.145. The monoisotopic (exact) mass is 540 g/mol. The first-order valence-corrected chi connectivity index (χ1v) is 13.4. The molecule has 1 atom stereocenters. The van der Waals surface area contributed by atoms with Crippen LogP contribution in [0.1, 0.15) is 55.5 Å². The van der Waals surface area contributed by atoms with E-state index in [-0.39, 0.29) is 34.9 Å². The molecule has 0 aliphatic carbocycles. The number of H-pyrrole nitrogens is 1. The fourth-order valence-corrected chi connectivity index (χ4v) is 5.41. The summed E-state index contributed by atoms with van der Waals surface area (Å²) in [4.78, 5) is 29.8. The molecule has 0 aliphatic rings. The number of benzene rings is 3. The highest BCUT2D eigenvalue weighted by Crippen LogP contribution is 2.41. The molecule has 7 heteroatoms. The van der Waals surface area contributed by atoms with Gasteiger partial charge in [0.1, 0.15) is 11.6 Å². The number of ether oxygens (including phenoxy) is 1. The number of carbonyl (C=O) groups is 1. The van der Waals surface area contributed by atoms with Gasteiger partial charge in [-0.15, -0.1) is 0 Å². The van der Waals surface area contributed by atoms with Crippen LogP contribution in [0.5, 0.6) is 5.75 Å². The van der Waals surface area contributed by atoms with Crippen LogP contribution < -0.4 is 5.56 Å². The minimum atomic E-state index is -0.813. The first-order valence-electron chi connectivity index (χ1n) is 13.4. The summed E-state index contributed by atoms with van der Waals surface area (Å²) in [6, 6.07) is 20.9. The smallest absolute Gasteiger partial charge is 0.306 e. The van der Waals surface area contributed by atoms with E-state index < -0.39 is 11.7 Å².